The van der Waals surface area contributed by atoms with Gasteiger partial charge < -0.3 is 24.8 Å². The third-order valence-electron chi connectivity index (χ3n) is 5.81. The zero-order chi connectivity index (χ0) is 21.8. The summed E-state index contributed by atoms with van der Waals surface area (Å²) in [5, 5.41) is 12.1. The molecule has 166 valence electrons. The Morgan fingerprint density at radius 3 is 2.71 bits per heavy atom. The van der Waals surface area contributed by atoms with Crippen LogP contribution in [0.2, 0.25) is 0 Å². The second-order valence-corrected chi connectivity index (χ2v) is 8.56. The Balaban J connectivity index is 1.29. The van der Waals surface area contributed by atoms with E-state index in [1.54, 1.807) is 0 Å². The number of aliphatic hydroxyl groups is 1. The van der Waals surface area contributed by atoms with E-state index < -0.39 is 6.10 Å². The van der Waals surface area contributed by atoms with E-state index in [4.69, 9.17) is 9.47 Å². The number of nitrogens with zero attached hydrogens (tertiary/aromatic N) is 2. The average Bonchev–Trinajstić information content (AvgIpc) is 3.49. The molecule has 0 bridgehead atoms. The number of ether oxygens (including phenoxy) is 2. The van der Waals surface area contributed by atoms with Crippen LogP contribution in [0.15, 0.2) is 42.6 Å². The van der Waals surface area contributed by atoms with Crippen LogP contribution in [0.1, 0.15) is 44.7 Å². The zero-order valence-electron chi connectivity index (χ0n) is 18.2. The molecule has 31 heavy (non-hydrogen) atoms. The fraction of sp³-hybridized carbons (Fsp3) is 0.500. The molecule has 0 spiro atoms. The first-order valence-corrected chi connectivity index (χ1v) is 11.1. The van der Waals surface area contributed by atoms with Crippen molar-refractivity contribution in [3.05, 3.63) is 48.2 Å². The van der Waals surface area contributed by atoms with E-state index in [2.05, 4.69) is 15.2 Å². The van der Waals surface area contributed by atoms with Crippen molar-refractivity contribution in [2.45, 2.75) is 51.4 Å². The van der Waals surface area contributed by atoms with Gasteiger partial charge in [-0.2, -0.15) is 0 Å². The topological polar surface area (TPSA) is 83.9 Å². The highest BCUT2D eigenvalue weighted by atomic mass is 16.5. The van der Waals surface area contributed by atoms with Gasteiger partial charge in [0.05, 0.1) is 19.2 Å². The number of hydrogen-bond donors (Lipinski definition) is 2. The molecule has 0 radical (unpaired) electrons. The summed E-state index contributed by atoms with van der Waals surface area (Å²) in [6.07, 6.45) is 4.38. The van der Waals surface area contributed by atoms with E-state index in [0.717, 1.165) is 43.1 Å². The van der Waals surface area contributed by atoms with E-state index in [9.17, 15) is 9.90 Å². The van der Waals surface area contributed by atoms with E-state index in [-0.39, 0.29) is 18.1 Å². The Labute approximate surface area is 183 Å². The van der Waals surface area contributed by atoms with Crippen molar-refractivity contribution in [2.24, 2.45) is 5.92 Å². The summed E-state index contributed by atoms with van der Waals surface area (Å²) in [6, 6.07) is 11.6. The van der Waals surface area contributed by atoms with Gasteiger partial charge in [0.2, 0.25) is 11.8 Å². The Kier molecular flexibility index (Phi) is 6.61. The summed E-state index contributed by atoms with van der Waals surface area (Å²) in [4.78, 5) is 18.3. The van der Waals surface area contributed by atoms with Crippen molar-refractivity contribution >= 4 is 11.6 Å². The van der Waals surface area contributed by atoms with Crippen LogP contribution in [0, 0.1) is 5.92 Å². The summed E-state index contributed by atoms with van der Waals surface area (Å²) < 4.78 is 12.0. The predicted octanol–water partition coefficient (Wildman–Crippen LogP) is 3.09. The van der Waals surface area contributed by atoms with Gasteiger partial charge in [-0.05, 0) is 56.4 Å². The molecule has 7 heteroatoms. The van der Waals surface area contributed by atoms with Crippen LogP contribution in [0.25, 0.3) is 0 Å². The third-order valence-corrected chi connectivity index (χ3v) is 5.81. The van der Waals surface area contributed by atoms with Crippen LogP contribution >= 0.6 is 0 Å². The Morgan fingerprint density at radius 2 is 2.00 bits per heavy atom. The highest BCUT2D eigenvalue weighted by Gasteiger charge is 2.25. The van der Waals surface area contributed by atoms with Gasteiger partial charge >= 0.3 is 0 Å². The van der Waals surface area contributed by atoms with Crippen molar-refractivity contribution < 1.29 is 19.4 Å². The minimum Gasteiger partial charge on any atom is -0.489 e. The molecule has 1 aromatic heterocycles. The van der Waals surface area contributed by atoms with Gasteiger partial charge in [0.15, 0.2) is 0 Å². The quantitative estimate of drug-likeness (QED) is 0.642. The average molecular weight is 426 g/mol. The molecule has 2 aliphatic rings. The molecular formula is C24H31N3O4. The van der Waals surface area contributed by atoms with Crippen LogP contribution in [0.3, 0.4) is 0 Å². The zero-order valence-corrected chi connectivity index (χ0v) is 18.2. The fourth-order valence-electron chi connectivity index (χ4n) is 3.67. The molecule has 2 fully saturated rings. The van der Waals surface area contributed by atoms with E-state index >= 15 is 0 Å². The van der Waals surface area contributed by atoms with E-state index in [1.165, 1.54) is 19.8 Å². The maximum atomic E-state index is 11.7. The monoisotopic (exact) mass is 425 g/mol. The Hall–Kier alpha value is -2.80. The number of rotatable bonds is 9. The fourth-order valence-corrected chi connectivity index (χ4v) is 3.67. The van der Waals surface area contributed by atoms with Crippen molar-refractivity contribution in [1.29, 1.82) is 0 Å². The number of benzene rings is 1. The van der Waals surface area contributed by atoms with Crippen LogP contribution in [-0.4, -0.2) is 47.9 Å². The molecule has 0 unspecified atom stereocenters. The second kappa shape index (κ2) is 9.56. The third kappa shape index (κ3) is 5.88. The van der Waals surface area contributed by atoms with Crippen LogP contribution in [-0.2, 0) is 4.79 Å². The first-order chi connectivity index (χ1) is 15.0. The number of aliphatic hydroxyl groups excluding tert-OH is 1. The van der Waals surface area contributed by atoms with E-state index in [0.29, 0.717) is 11.8 Å². The van der Waals surface area contributed by atoms with Gasteiger partial charge in [-0.3, -0.25) is 4.79 Å². The molecule has 1 saturated carbocycles. The molecule has 1 saturated heterocycles. The lowest BCUT2D eigenvalue weighted by molar-refractivity contribution is -0.129. The number of pyridine rings is 1. The SMILES string of the molecule is C[C@H](NC(=O)[C@@H](C)O)c1ccc(O[C@@H]2CCN(c3ccnc(OCC4CC4)c3)C2)cc1. The van der Waals surface area contributed by atoms with Crippen LogP contribution < -0.4 is 19.7 Å². The number of anilines is 1. The molecule has 1 aromatic carbocycles. The van der Waals surface area contributed by atoms with Gasteiger partial charge in [-0.15, -0.1) is 0 Å². The largest absolute Gasteiger partial charge is 0.489 e. The highest BCUT2D eigenvalue weighted by molar-refractivity contribution is 5.80. The Bertz CT molecular complexity index is 883. The van der Waals surface area contributed by atoms with Gasteiger partial charge in [0.25, 0.3) is 0 Å². The van der Waals surface area contributed by atoms with E-state index in [1.807, 2.05) is 49.5 Å². The summed E-state index contributed by atoms with van der Waals surface area (Å²) in [5.74, 6) is 1.84. The summed E-state index contributed by atoms with van der Waals surface area (Å²) >= 11 is 0. The molecule has 2 N–H and O–H groups in total. The lowest BCUT2D eigenvalue weighted by Gasteiger charge is -2.20. The predicted molar refractivity (Wildman–Crippen MR) is 118 cm³/mol. The maximum absolute atomic E-state index is 11.7. The smallest absolute Gasteiger partial charge is 0.249 e. The number of amides is 1. The first-order valence-electron chi connectivity index (χ1n) is 11.1. The highest BCUT2D eigenvalue weighted by Crippen LogP contribution is 2.30. The molecule has 3 atom stereocenters. The summed E-state index contributed by atoms with van der Waals surface area (Å²) in [6.45, 7) is 5.85. The first kappa shape index (κ1) is 21.4. The molecule has 4 rings (SSSR count). The molecule has 1 amide bonds. The van der Waals surface area contributed by atoms with Crippen molar-refractivity contribution in [1.82, 2.24) is 10.3 Å². The van der Waals surface area contributed by atoms with Crippen LogP contribution in [0.5, 0.6) is 11.6 Å². The lowest BCUT2D eigenvalue weighted by Crippen LogP contribution is -2.34. The lowest BCUT2D eigenvalue weighted by atomic mass is 10.1. The molecule has 7 nitrogen and oxygen atoms in total. The summed E-state index contributed by atoms with van der Waals surface area (Å²) in [5.41, 5.74) is 2.08. The number of carbonyl (C=O) groups excluding carboxylic acids is 1. The molecular weight excluding hydrogens is 394 g/mol. The standard InChI is InChI=1S/C24H31N3O4/c1-16(26-24(29)17(2)28)19-5-7-21(8-6-19)31-22-10-12-27(14-22)20-9-11-25-23(13-20)30-15-18-3-4-18/h5-9,11,13,16-18,22,28H,3-4,10,12,14-15H2,1-2H3,(H,26,29)/t16-,17+,22+/m0/s1. The molecule has 1 aliphatic carbocycles. The molecule has 2 aromatic rings. The van der Waals surface area contributed by atoms with Gasteiger partial charge in [-0.25, -0.2) is 4.98 Å². The number of hydrogen-bond acceptors (Lipinski definition) is 6. The van der Waals surface area contributed by atoms with Gasteiger partial charge in [-0.1, -0.05) is 12.1 Å². The Morgan fingerprint density at radius 1 is 1.23 bits per heavy atom. The minimum atomic E-state index is -1.02. The second-order valence-electron chi connectivity index (χ2n) is 8.56. The van der Waals surface area contributed by atoms with Crippen molar-refractivity contribution in [2.75, 3.05) is 24.6 Å². The molecule has 1 aliphatic heterocycles. The maximum Gasteiger partial charge on any atom is 0.249 e. The summed E-state index contributed by atoms with van der Waals surface area (Å²) in [7, 11) is 0. The number of carbonyl (C=O) groups is 1. The van der Waals surface area contributed by atoms with Gasteiger partial charge in [0.1, 0.15) is 18.0 Å². The number of aromatic nitrogens is 1. The molecule has 2 heterocycles. The number of nitrogens with one attached hydrogen (secondary N) is 1. The normalized spacial score (nSPS) is 20.2. The minimum absolute atomic E-state index is 0.113. The van der Waals surface area contributed by atoms with Crippen molar-refractivity contribution in [3.8, 4) is 11.6 Å². The van der Waals surface area contributed by atoms with Crippen LogP contribution in [0.4, 0.5) is 5.69 Å². The van der Waals surface area contributed by atoms with Crippen molar-refractivity contribution in [3.63, 3.8) is 0 Å². The van der Waals surface area contributed by atoms with Gasteiger partial charge in [0, 0.05) is 30.9 Å².